The van der Waals surface area contributed by atoms with Crippen molar-refractivity contribution in [2.75, 3.05) is 14.2 Å². The van der Waals surface area contributed by atoms with Gasteiger partial charge in [0.15, 0.2) is 0 Å². The summed E-state index contributed by atoms with van der Waals surface area (Å²) in [4.78, 5) is 0. The Bertz CT molecular complexity index is 411. The summed E-state index contributed by atoms with van der Waals surface area (Å²) < 4.78 is 11.3. The average molecular weight is 277 g/mol. The van der Waals surface area contributed by atoms with Crippen LogP contribution in [0.3, 0.4) is 0 Å². The zero-order chi connectivity index (χ0) is 14.4. The number of benzene rings is 1. The van der Waals surface area contributed by atoms with Gasteiger partial charge in [-0.15, -0.1) is 0 Å². The fourth-order valence-corrected chi connectivity index (χ4v) is 3.35. The number of nitrogens with two attached hydrogens (primary N) is 1. The van der Waals surface area contributed by atoms with Gasteiger partial charge < -0.3 is 15.2 Å². The molecule has 1 fully saturated rings. The molecule has 112 valence electrons. The van der Waals surface area contributed by atoms with Gasteiger partial charge in [-0.25, -0.2) is 0 Å². The molecular formula is C17H27NO2. The van der Waals surface area contributed by atoms with Crippen LogP contribution in [0.25, 0.3) is 0 Å². The maximum atomic E-state index is 6.54. The van der Waals surface area contributed by atoms with Gasteiger partial charge in [-0.3, -0.25) is 0 Å². The van der Waals surface area contributed by atoms with Crippen molar-refractivity contribution in [1.29, 1.82) is 0 Å². The smallest absolute Gasteiger partial charge is 0.122 e. The van der Waals surface area contributed by atoms with E-state index in [0.717, 1.165) is 25.0 Å². The molecule has 3 nitrogen and oxygen atoms in total. The molecule has 2 rings (SSSR count). The van der Waals surface area contributed by atoms with Crippen LogP contribution in [0.5, 0.6) is 5.75 Å². The summed E-state index contributed by atoms with van der Waals surface area (Å²) in [7, 11) is 3.52. The molecule has 1 aliphatic carbocycles. The van der Waals surface area contributed by atoms with Crippen molar-refractivity contribution in [2.24, 2.45) is 5.73 Å². The second-order valence-electron chi connectivity index (χ2n) is 5.81. The first-order valence-electron chi connectivity index (χ1n) is 7.64. The Morgan fingerprint density at radius 3 is 2.35 bits per heavy atom. The summed E-state index contributed by atoms with van der Waals surface area (Å²) in [6.07, 6.45) is 7.97. The van der Waals surface area contributed by atoms with E-state index in [1.165, 1.54) is 31.2 Å². The summed E-state index contributed by atoms with van der Waals surface area (Å²) in [6, 6.07) is 8.14. The molecular weight excluding hydrogens is 250 g/mol. The summed E-state index contributed by atoms with van der Waals surface area (Å²) >= 11 is 0. The zero-order valence-electron chi connectivity index (χ0n) is 12.7. The number of hydrogen-bond donors (Lipinski definition) is 1. The third kappa shape index (κ3) is 3.33. The molecule has 1 atom stereocenters. The largest absolute Gasteiger partial charge is 0.496 e. The standard InChI is InChI=1S/C17H27NO2/c1-19-15-10-6-5-9-14(15)13-16(18)17(20-2)11-7-3-4-8-12-17/h5-6,9-10,16H,3-4,7-8,11-13,18H2,1-2H3. The molecule has 2 N–H and O–H groups in total. The summed E-state index contributed by atoms with van der Waals surface area (Å²) in [6.45, 7) is 0. The quantitative estimate of drug-likeness (QED) is 0.840. The SMILES string of the molecule is COc1ccccc1CC(N)C1(OC)CCCCCC1. The van der Waals surface area contributed by atoms with Gasteiger partial charge in [0.25, 0.3) is 0 Å². The Balaban J connectivity index is 2.14. The number of hydrogen-bond acceptors (Lipinski definition) is 3. The minimum absolute atomic E-state index is 0.0156. The van der Waals surface area contributed by atoms with Crippen molar-refractivity contribution in [3.63, 3.8) is 0 Å². The first-order valence-corrected chi connectivity index (χ1v) is 7.64. The van der Waals surface area contributed by atoms with E-state index in [1.807, 2.05) is 25.3 Å². The lowest BCUT2D eigenvalue weighted by molar-refractivity contribution is -0.0431. The van der Waals surface area contributed by atoms with Crippen LogP contribution in [-0.2, 0) is 11.2 Å². The fraction of sp³-hybridized carbons (Fsp3) is 0.647. The van der Waals surface area contributed by atoms with Gasteiger partial charge in [0, 0.05) is 13.2 Å². The van der Waals surface area contributed by atoms with Crippen LogP contribution in [0.4, 0.5) is 0 Å². The van der Waals surface area contributed by atoms with Crippen LogP contribution in [0, 0.1) is 0 Å². The highest BCUT2D eigenvalue weighted by molar-refractivity contribution is 5.34. The minimum Gasteiger partial charge on any atom is -0.496 e. The molecule has 0 aliphatic heterocycles. The van der Waals surface area contributed by atoms with Gasteiger partial charge >= 0.3 is 0 Å². The molecule has 0 saturated heterocycles. The molecule has 1 aromatic carbocycles. The molecule has 1 unspecified atom stereocenters. The third-order valence-corrected chi connectivity index (χ3v) is 4.66. The Kier molecular flexibility index (Phi) is 5.44. The first kappa shape index (κ1) is 15.3. The van der Waals surface area contributed by atoms with Crippen molar-refractivity contribution >= 4 is 0 Å². The Hall–Kier alpha value is -1.06. The maximum absolute atomic E-state index is 6.54. The number of rotatable bonds is 5. The molecule has 0 amide bonds. The number of methoxy groups -OCH3 is 2. The molecule has 1 aliphatic rings. The van der Waals surface area contributed by atoms with Crippen LogP contribution in [0.2, 0.25) is 0 Å². The molecule has 0 heterocycles. The normalized spacial score (nSPS) is 20.1. The minimum atomic E-state index is -0.169. The maximum Gasteiger partial charge on any atom is 0.122 e. The van der Waals surface area contributed by atoms with Crippen molar-refractivity contribution in [1.82, 2.24) is 0 Å². The van der Waals surface area contributed by atoms with Crippen LogP contribution >= 0.6 is 0 Å². The van der Waals surface area contributed by atoms with Gasteiger partial charge in [-0.2, -0.15) is 0 Å². The van der Waals surface area contributed by atoms with Crippen LogP contribution in [-0.4, -0.2) is 25.9 Å². The lowest BCUT2D eigenvalue weighted by Crippen LogP contribution is -2.50. The van der Waals surface area contributed by atoms with Crippen molar-refractivity contribution < 1.29 is 9.47 Å². The van der Waals surface area contributed by atoms with Gasteiger partial charge in [-0.1, -0.05) is 43.9 Å². The third-order valence-electron chi connectivity index (χ3n) is 4.66. The van der Waals surface area contributed by atoms with E-state index in [-0.39, 0.29) is 11.6 Å². The van der Waals surface area contributed by atoms with Gasteiger partial charge in [-0.05, 0) is 30.9 Å². The highest BCUT2D eigenvalue weighted by Gasteiger charge is 2.37. The van der Waals surface area contributed by atoms with E-state index in [1.54, 1.807) is 7.11 Å². The van der Waals surface area contributed by atoms with Gasteiger partial charge in [0.05, 0.1) is 12.7 Å². The van der Waals surface area contributed by atoms with Crippen molar-refractivity contribution in [3.8, 4) is 5.75 Å². The number of para-hydroxylation sites is 1. The molecule has 0 spiro atoms. The van der Waals surface area contributed by atoms with E-state index in [0.29, 0.717) is 0 Å². The summed E-state index contributed by atoms with van der Waals surface area (Å²) in [5, 5.41) is 0. The molecule has 3 heteroatoms. The first-order chi connectivity index (χ1) is 9.72. The second-order valence-corrected chi connectivity index (χ2v) is 5.81. The van der Waals surface area contributed by atoms with E-state index in [4.69, 9.17) is 15.2 Å². The predicted octanol–water partition coefficient (Wildman–Crippen LogP) is 3.30. The van der Waals surface area contributed by atoms with E-state index in [9.17, 15) is 0 Å². The average Bonchev–Trinajstić information content (AvgIpc) is 2.74. The Morgan fingerprint density at radius 2 is 1.75 bits per heavy atom. The fourth-order valence-electron chi connectivity index (χ4n) is 3.35. The molecule has 1 aromatic rings. The van der Waals surface area contributed by atoms with Crippen molar-refractivity contribution in [2.45, 2.75) is 56.6 Å². The van der Waals surface area contributed by atoms with Crippen LogP contribution < -0.4 is 10.5 Å². The second kappa shape index (κ2) is 7.09. The lowest BCUT2D eigenvalue weighted by Gasteiger charge is -2.37. The van der Waals surface area contributed by atoms with Crippen LogP contribution in [0.15, 0.2) is 24.3 Å². The molecule has 0 radical (unpaired) electrons. The van der Waals surface area contributed by atoms with Gasteiger partial charge in [0.1, 0.15) is 5.75 Å². The Labute approximate surface area is 122 Å². The summed E-state index contributed by atoms with van der Waals surface area (Å²) in [5.41, 5.74) is 7.54. The van der Waals surface area contributed by atoms with Crippen molar-refractivity contribution in [3.05, 3.63) is 29.8 Å². The highest BCUT2D eigenvalue weighted by atomic mass is 16.5. The summed E-state index contributed by atoms with van der Waals surface area (Å²) in [5.74, 6) is 0.919. The van der Waals surface area contributed by atoms with Crippen LogP contribution in [0.1, 0.15) is 44.1 Å². The van der Waals surface area contributed by atoms with E-state index >= 15 is 0 Å². The van der Waals surface area contributed by atoms with E-state index in [2.05, 4.69) is 6.07 Å². The monoisotopic (exact) mass is 277 g/mol. The van der Waals surface area contributed by atoms with Gasteiger partial charge in [0.2, 0.25) is 0 Å². The molecule has 0 bridgehead atoms. The topological polar surface area (TPSA) is 44.5 Å². The Morgan fingerprint density at radius 1 is 1.10 bits per heavy atom. The van der Waals surface area contributed by atoms with E-state index < -0.39 is 0 Å². The predicted molar refractivity (Wildman–Crippen MR) is 82.1 cm³/mol. The molecule has 0 aromatic heterocycles. The number of ether oxygens (including phenoxy) is 2. The molecule has 1 saturated carbocycles. The molecule has 20 heavy (non-hydrogen) atoms. The lowest BCUT2D eigenvalue weighted by atomic mass is 9.83. The highest BCUT2D eigenvalue weighted by Crippen LogP contribution is 2.34. The zero-order valence-corrected chi connectivity index (χ0v) is 12.7.